The van der Waals surface area contributed by atoms with Gasteiger partial charge in [0.25, 0.3) is 5.91 Å². The molecule has 0 fully saturated rings. The van der Waals surface area contributed by atoms with E-state index in [1.807, 2.05) is 43.3 Å². The van der Waals surface area contributed by atoms with E-state index < -0.39 is 5.97 Å². The van der Waals surface area contributed by atoms with Crippen LogP contribution in [-0.4, -0.2) is 18.4 Å². The predicted octanol–water partition coefficient (Wildman–Crippen LogP) is 3.59. The molecule has 0 radical (unpaired) electrons. The Balaban J connectivity index is 1.78. The maximum atomic E-state index is 12.0. The number of hydrogen-bond acceptors (Lipinski definition) is 3. The maximum Gasteiger partial charge on any atom is 0.325 e. The predicted molar refractivity (Wildman–Crippen MR) is 93.8 cm³/mol. The summed E-state index contributed by atoms with van der Waals surface area (Å²) in [5.41, 5.74) is 3.70. The van der Waals surface area contributed by atoms with Crippen LogP contribution in [0.2, 0.25) is 0 Å². The van der Waals surface area contributed by atoms with Gasteiger partial charge in [-0.3, -0.25) is 9.59 Å². The molecule has 0 unspecified atom stereocenters. The van der Waals surface area contributed by atoms with E-state index in [4.69, 9.17) is 4.74 Å². The molecule has 2 aromatic carbocycles. The molecule has 0 saturated heterocycles. The summed E-state index contributed by atoms with van der Waals surface area (Å²) in [5, 5.41) is 2.57. The first-order valence-electron chi connectivity index (χ1n) is 8.05. The van der Waals surface area contributed by atoms with Crippen LogP contribution in [0.1, 0.15) is 46.8 Å². The van der Waals surface area contributed by atoms with Crippen LogP contribution in [0.3, 0.4) is 0 Å². The first-order chi connectivity index (χ1) is 11.5. The number of nitrogens with one attached hydrogen (secondary N) is 1. The lowest BCUT2D eigenvalue weighted by molar-refractivity contribution is -0.143. The number of esters is 1. The second-order valence-electron chi connectivity index (χ2n) is 6.11. The van der Waals surface area contributed by atoms with Crippen LogP contribution in [0, 0.1) is 6.92 Å². The molecule has 4 heteroatoms. The molecule has 0 spiro atoms. The van der Waals surface area contributed by atoms with E-state index in [2.05, 4.69) is 19.2 Å². The van der Waals surface area contributed by atoms with Crippen LogP contribution >= 0.6 is 0 Å². The molecular formula is C20H23NO3. The summed E-state index contributed by atoms with van der Waals surface area (Å²) >= 11 is 0. The van der Waals surface area contributed by atoms with Gasteiger partial charge in [0, 0.05) is 5.56 Å². The minimum atomic E-state index is -0.455. The Morgan fingerprint density at radius 1 is 1.08 bits per heavy atom. The van der Waals surface area contributed by atoms with Gasteiger partial charge in [0.05, 0.1) is 0 Å². The van der Waals surface area contributed by atoms with Crippen molar-refractivity contribution >= 4 is 11.9 Å². The van der Waals surface area contributed by atoms with E-state index >= 15 is 0 Å². The molecule has 0 atom stereocenters. The second-order valence-corrected chi connectivity index (χ2v) is 6.11. The molecule has 2 rings (SSSR count). The van der Waals surface area contributed by atoms with E-state index in [0.717, 1.165) is 11.1 Å². The Labute approximate surface area is 142 Å². The summed E-state index contributed by atoms with van der Waals surface area (Å²) in [6.07, 6.45) is 0. The number of hydrogen-bond donors (Lipinski definition) is 1. The lowest BCUT2D eigenvalue weighted by Crippen LogP contribution is -2.30. The van der Waals surface area contributed by atoms with E-state index in [-0.39, 0.29) is 19.1 Å². The molecule has 0 bridgehead atoms. The van der Waals surface area contributed by atoms with Crippen molar-refractivity contribution in [2.24, 2.45) is 0 Å². The smallest absolute Gasteiger partial charge is 0.325 e. The summed E-state index contributed by atoms with van der Waals surface area (Å²) < 4.78 is 5.18. The monoisotopic (exact) mass is 325 g/mol. The Hall–Kier alpha value is -2.62. The minimum Gasteiger partial charge on any atom is -0.460 e. The number of rotatable bonds is 6. The lowest BCUT2D eigenvalue weighted by atomic mass is 10.0. The quantitative estimate of drug-likeness (QED) is 0.826. The van der Waals surface area contributed by atoms with E-state index in [1.165, 1.54) is 5.56 Å². The fraction of sp³-hybridized carbons (Fsp3) is 0.300. The van der Waals surface area contributed by atoms with E-state index in [0.29, 0.717) is 11.5 Å². The second kappa shape index (κ2) is 8.29. The van der Waals surface area contributed by atoms with Gasteiger partial charge in [-0.05, 0) is 36.1 Å². The van der Waals surface area contributed by atoms with Gasteiger partial charge < -0.3 is 10.1 Å². The fourth-order valence-electron chi connectivity index (χ4n) is 2.25. The van der Waals surface area contributed by atoms with Crippen LogP contribution < -0.4 is 5.32 Å². The van der Waals surface area contributed by atoms with Crippen molar-refractivity contribution in [3.63, 3.8) is 0 Å². The number of aryl methyl sites for hydroxylation is 1. The van der Waals surface area contributed by atoms with Gasteiger partial charge in [0.1, 0.15) is 13.2 Å². The van der Waals surface area contributed by atoms with Crippen molar-refractivity contribution in [3.8, 4) is 0 Å². The van der Waals surface area contributed by atoms with Gasteiger partial charge in [0.2, 0.25) is 0 Å². The maximum absolute atomic E-state index is 12.0. The minimum absolute atomic E-state index is 0.142. The third kappa shape index (κ3) is 5.23. The normalized spacial score (nSPS) is 10.5. The van der Waals surface area contributed by atoms with Crippen LogP contribution in [0.15, 0.2) is 48.5 Å². The molecule has 0 saturated carbocycles. The lowest BCUT2D eigenvalue weighted by Gasteiger charge is -2.09. The van der Waals surface area contributed by atoms with Gasteiger partial charge in [-0.2, -0.15) is 0 Å². The first kappa shape index (κ1) is 17.7. The third-order valence-corrected chi connectivity index (χ3v) is 3.72. The number of amides is 1. The molecule has 0 heterocycles. The van der Waals surface area contributed by atoms with Crippen molar-refractivity contribution in [2.75, 3.05) is 6.54 Å². The van der Waals surface area contributed by atoms with E-state index in [1.54, 1.807) is 12.1 Å². The highest BCUT2D eigenvalue weighted by Gasteiger charge is 2.09. The summed E-state index contributed by atoms with van der Waals surface area (Å²) in [4.78, 5) is 23.7. The largest absolute Gasteiger partial charge is 0.460 e. The Bertz CT molecular complexity index is 705. The molecule has 1 N–H and O–H groups in total. The molecule has 4 nitrogen and oxygen atoms in total. The van der Waals surface area contributed by atoms with Crippen molar-refractivity contribution in [1.29, 1.82) is 0 Å². The Morgan fingerprint density at radius 2 is 1.79 bits per heavy atom. The molecule has 0 aliphatic heterocycles. The third-order valence-electron chi connectivity index (χ3n) is 3.72. The molecule has 0 aromatic heterocycles. The molecule has 0 aliphatic rings. The molecule has 1 amide bonds. The average molecular weight is 325 g/mol. The van der Waals surface area contributed by atoms with Crippen molar-refractivity contribution < 1.29 is 14.3 Å². The fourth-order valence-corrected chi connectivity index (χ4v) is 2.25. The number of carbonyl (C=O) groups excluding carboxylic acids is 2. The highest BCUT2D eigenvalue weighted by Crippen LogP contribution is 2.15. The zero-order valence-electron chi connectivity index (χ0n) is 14.3. The number of benzene rings is 2. The van der Waals surface area contributed by atoms with Gasteiger partial charge >= 0.3 is 5.97 Å². The molecule has 24 heavy (non-hydrogen) atoms. The van der Waals surface area contributed by atoms with Crippen LogP contribution in [0.25, 0.3) is 0 Å². The van der Waals surface area contributed by atoms with Gasteiger partial charge in [-0.15, -0.1) is 0 Å². The number of ether oxygens (including phenoxy) is 1. The van der Waals surface area contributed by atoms with Crippen molar-refractivity contribution in [1.82, 2.24) is 5.32 Å². The average Bonchev–Trinajstić information content (AvgIpc) is 2.58. The van der Waals surface area contributed by atoms with Gasteiger partial charge in [-0.1, -0.05) is 55.8 Å². The highest BCUT2D eigenvalue weighted by molar-refractivity contribution is 5.96. The zero-order chi connectivity index (χ0) is 17.5. The first-order valence-corrected chi connectivity index (χ1v) is 8.05. The van der Waals surface area contributed by atoms with Gasteiger partial charge in [0.15, 0.2) is 0 Å². The Morgan fingerprint density at radius 3 is 2.42 bits per heavy atom. The van der Waals surface area contributed by atoms with Crippen LogP contribution in [0.4, 0.5) is 0 Å². The van der Waals surface area contributed by atoms with E-state index in [9.17, 15) is 9.59 Å². The molecule has 0 aliphatic carbocycles. The van der Waals surface area contributed by atoms with Crippen molar-refractivity contribution in [2.45, 2.75) is 33.3 Å². The molecular weight excluding hydrogens is 302 g/mol. The standard InChI is InChI=1S/C20H23NO3/c1-14(2)17-9-7-16(8-10-17)13-24-19(22)12-21-20(23)18-6-4-5-15(3)11-18/h4-11,14H,12-13H2,1-3H3,(H,21,23). The summed E-state index contributed by atoms with van der Waals surface area (Å²) in [6.45, 7) is 6.24. The SMILES string of the molecule is Cc1cccc(C(=O)NCC(=O)OCc2ccc(C(C)C)cc2)c1. The topological polar surface area (TPSA) is 55.4 Å². The highest BCUT2D eigenvalue weighted by atomic mass is 16.5. The molecule has 2 aromatic rings. The zero-order valence-corrected chi connectivity index (χ0v) is 14.3. The number of carbonyl (C=O) groups is 2. The van der Waals surface area contributed by atoms with Crippen LogP contribution in [-0.2, 0) is 16.1 Å². The van der Waals surface area contributed by atoms with Crippen molar-refractivity contribution in [3.05, 3.63) is 70.8 Å². The van der Waals surface area contributed by atoms with Gasteiger partial charge in [-0.25, -0.2) is 0 Å². The summed E-state index contributed by atoms with van der Waals surface area (Å²) in [6, 6.07) is 15.2. The summed E-state index contributed by atoms with van der Waals surface area (Å²) in [7, 11) is 0. The van der Waals surface area contributed by atoms with Crippen LogP contribution in [0.5, 0.6) is 0 Å². The summed E-state index contributed by atoms with van der Waals surface area (Å²) in [5.74, 6) is -0.265. The Kier molecular flexibility index (Phi) is 6.13. The molecule has 126 valence electrons.